The Morgan fingerprint density at radius 1 is 1.31 bits per heavy atom. The van der Waals surface area contributed by atoms with Gasteiger partial charge >= 0.3 is 0 Å². The molecule has 2 rings (SSSR count). The second kappa shape index (κ2) is 4.94. The van der Waals surface area contributed by atoms with E-state index in [1.807, 2.05) is 0 Å². The third-order valence-corrected chi connectivity index (χ3v) is 2.64. The fraction of sp³-hybridized carbons (Fsp3) is 0.308. The highest BCUT2D eigenvalue weighted by molar-refractivity contribution is 5.23. The maximum atomic E-state index is 5.17. The van der Waals surface area contributed by atoms with E-state index in [1.165, 1.54) is 17.5 Å². The highest BCUT2D eigenvalue weighted by atomic mass is 16.3. The standard InChI is InChI=1S/C13H16N2O/c1-10-3-5-12(6-4-10)11(2)15-8-13-7-14-9-16-13/h3-7,9,11,15H,8H2,1-2H3. The summed E-state index contributed by atoms with van der Waals surface area (Å²) in [6.45, 7) is 4.94. The number of hydrogen-bond donors (Lipinski definition) is 1. The number of oxazole rings is 1. The minimum Gasteiger partial charge on any atom is -0.447 e. The first-order valence-corrected chi connectivity index (χ1v) is 5.43. The van der Waals surface area contributed by atoms with E-state index in [4.69, 9.17) is 4.42 Å². The van der Waals surface area contributed by atoms with E-state index in [-0.39, 0.29) is 0 Å². The van der Waals surface area contributed by atoms with Crippen LogP contribution in [0.25, 0.3) is 0 Å². The first-order chi connectivity index (χ1) is 7.75. The smallest absolute Gasteiger partial charge is 0.180 e. The second-order valence-electron chi connectivity index (χ2n) is 3.98. The van der Waals surface area contributed by atoms with Crippen LogP contribution < -0.4 is 5.32 Å². The van der Waals surface area contributed by atoms with Crippen molar-refractivity contribution in [2.45, 2.75) is 26.4 Å². The van der Waals surface area contributed by atoms with Crippen LogP contribution in [0.15, 0.2) is 41.3 Å². The van der Waals surface area contributed by atoms with Gasteiger partial charge in [-0.25, -0.2) is 4.98 Å². The molecule has 1 N–H and O–H groups in total. The van der Waals surface area contributed by atoms with Crippen molar-refractivity contribution in [1.29, 1.82) is 0 Å². The van der Waals surface area contributed by atoms with E-state index in [9.17, 15) is 0 Å². The summed E-state index contributed by atoms with van der Waals surface area (Å²) in [5.41, 5.74) is 2.57. The Morgan fingerprint density at radius 3 is 2.69 bits per heavy atom. The summed E-state index contributed by atoms with van der Waals surface area (Å²) in [6.07, 6.45) is 3.18. The van der Waals surface area contributed by atoms with Gasteiger partial charge in [-0.1, -0.05) is 29.8 Å². The number of nitrogens with one attached hydrogen (secondary N) is 1. The van der Waals surface area contributed by atoms with Crippen LogP contribution in [0.1, 0.15) is 29.9 Å². The molecule has 0 aliphatic heterocycles. The summed E-state index contributed by atoms with van der Waals surface area (Å²) in [4.78, 5) is 3.88. The molecule has 1 aromatic heterocycles. The van der Waals surface area contributed by atoms with Gasteiger partial charge in [-0.2, -0.15) is 0 Å². The maximum absolute atomic E-state index is 5.17. The predicted molar refractivity (Wildman–Crippen MR) is 62.9 cm³/mol. The molecule has 0 aliphatic carbocycles. The number of aryl methyl sites for hydroxylation is 1. The monoisotopic (exact) mass is 216 g/mol. The first-order valence-electron chi connectivity index (χ1n) is 5.43. The zero-order valence-electron chi connectivity index (χ0n) is 9.60. The second-order valence-corrected chi connectivity index (χ2v) is 3.98. The quantitative estimate of drug-likeness (QED) is 0.854. The fourth-order valence-corrected chi connectivity index (χ4v) is 1.56. The molecule has 0 spiro atoms. The van der Waals surface area contributed by atoms with Crippen molar-refractivity contribution in [3.8, 4) is 0 Å². The van der Waals surface area contributed by atoms with Crippen LogP contribution in [0.5, 0.6) is 0 Å². The molecule has 0 fully saturated rings. The van der Waals surface area contributed by atoms with Crippen molar-refractivity contribution in [1.82, 2.24) is 10.3 Å². The molecule has 1 heterocycles. The molecule has 1 unspecified atom stereocenters. The van der Waals surface area contributed by atoms with Gasteiger partial charge in [0.1, 0.15) is 5.76 Å². The third-order valence-electron chi connectivity index (χ3n) is 2.64. The van der Waals surface area contributed by atoms with Gasteiger partial charge in [0.25, 0.3) is 0 Å². The molecule has 1 atom stereocenters. The van der Waals surface area contributed by atoms with E-state index < -0.39 is 0 Å². The molecule has 0 aliphatic rings. The van der Waals surface area contributed by atoms with Crippen LogP contribution in [0.4, 0.5) is 0 Å². The maximum Gasteiger partial charge on any atom is 0.180 e. The minimum atomic E-state index is 0.311. The zero-order valence-corrected chi connectivity index (χ0v) is 9.60. The van der Waals surface area contributed by atoms with Crippen molar-refractivity contribution in [3.63, 3.8) is 0 Å². The Labute approximate surface area is 95.5 Å². The van der Waals surface area contributed by atoms with Gasteiger partial charge in [-0.15, -0.1) is 0 Å². The third kappa shape index (κ3) is 2.70. The Kier molecular flexibility index (Phi) is 3.37. The van der Waals surface area contributed by atoms with E-state index in [0.717, 1.165) is 5.76 Å². The Bertz CT molecular complexity index is 420. The highest BCUT2D eigenvalue weighted by Crippen LogP contribution is 2.13. The van der Waals surface area contributed by atoms with Crippen LogP contribution >= 0.6 is 0 Å². The van der Waals surface area contributed by atoms with Crippen LogP contribution in [-0.2, 0) is 6.54 Å². The molecule has 1 aromatic carbocycles. The van der Waals surface area contributed by atoms with Gasteiger partial charge in [0.2, 0.25) is 0 Å². The molecule has 0 radical (unpaired) electrons. The molecular formula is C13H16N2O. The van der Waals surface area contributed by atoms with Gasteiger partial charge in [-0.3, -0.25) is 0 Å². The average Bonchev–Trinajstić information content (AvgIpc) is 2.80. The lowest BCUT2D eigenvalue weighted by Crippen LogP contribution is -2.17. The molecule has 0 bridgehead atoms. The number of benzene rings is 1. The lowest BCUT2D eigenvalue weighted by atomic mass is 10.1. The average molecular weight is 216 g/mol. The van der Waals surface area contributed by atoms with Crippen LogP contribution in [0.3, 0.4) is 0 Å². The summed E-state index contributed by atoms with van der Waals surface area (Å²) in [5, 5.41) is 3.39. The van der Waals surface area contributed by atoms with Crippen molar-refractivity contribution >= 4 is 0 Å². The predicted octanol–water partition coefficient (Wildman–Crippen LogP) is 2.83. The molecule has 84 valence electrons. The van der Waals surface area contributed by atoms with Gasteiger partial charge < -0.3 is 9.73 Å². The van der Waals surface area contributed by atoms with Crippen LogP contribution in [0.2, 0.25) is 0 Å². The van der Waals surface area contributed by atoms with Gasteiger partial charge in [0.15, 0.2) is 6.39 Å². The first kappa shape index (κ1) is 10.9. The molecule has 0 saturated heterocycles. The van der Waals surface area contributed by atoms with Crippen molar-refractivity contribution < 1.29 is 4.42 Å². The molecule has 3 nitrogen and oxygen atoms in total. The Hall–Kier alpha value is -1.61. The largest absolute Gasteiger partial charge is 0.447 e. The summed E-state index contributed by atoms with van der Waals surface area (Å²) in [5.74, 6) is 0.860. The zero-order chi connectivity index (χ0) is 11.4. The van der Waals surface area contributed by atoms with Gasteiger partial charge in [-0.05, 0) is 19.4 Å². The van der Waals surface area contributed by atoms with Gasteiger partial charge in [0, 0.05) is 6.04 Å². The molecule has 0 amide bonds. The summed E-state index contributed by atoms with van der Waals surface area (Å²) < 4.78 is 5.17. The van der Waals surface area contributed by atoms with Crippen molar-refractivity contribution in [2.75, 3.05) is 0 Å². The molecular weight excluding hydrogens is 200 g/mol. The van der Waals surface area contributed by atoms with Gasteiger partial charge in [0.05, 0.1) is 12.7 Å². The van der Waals surface area contributed by atoms with E-state index in [1.54, 1.807) is 6.20 Å². The summed E-state index contributed by atoms with van der Waals surface area (Å²) in [6, 6.07) is 8.86. The summed E-state index contributed by atoms with van der Waals surface area (Å²) >= 11 is 0. The lowest BCUT2D eigenvalue weighted by molar-refractivity contribution is 0.458. The normalized spacial score (nSPS) is 12.6. The highest BCUT2D eigenvalue weighted by Gasteiger charge is 2.05. The Balaban J connectivity index is 1.93. The van der Waals surface area contributed by atoms with E-state index in [2.05, 4.69) is 48.4 Å². The van der Waals surface area contributed by atoms with E-state index in [0.29, 0.717) is 12.6 Å². The summed E-state index contributed by atoms with van der Waals surface area (Å²) in [7, 11) is 0. The molecule has 2 aromatic rings. The van der Waals surface area contributed by atoms with Crippen LogP contribution in [0, 0.1) is 6.92 Å². The SMILES string of the molecule is Cc1ccc(C(C)NCc2cnco2)cc1. The lowest BCUT2D eigenvalue weighted by Gasteiger charge is -2.13. The Morgan fingerprint density at radius 2 is 2.06 bits per heavy atom. The van der Waals surface area contributed by atoms with Crippen LogP contribution in [-0.4, -0.2) is 4.98 Å². The molecule has 16 heavy (non-hydrogen) atoms. The number of hydrogen-bond acceptors (Lipinski definition) is 3. The fourth-order valence-electron chi connectivity index (χ4n) is 1.56. The number of rotatable bonds is 4. The van der Waals surface area contributed by atoms with Crippen molar-refractivity contribution in [2.24, 2.45) is 0 Å². The topological polar surface area (TPSA) is 38.1 Å². The molecule has 0 saturated carbocycles. The van der Waals surface area contributed by atoms with Crippen molar-refractivity contribution in [3.05, 3.63) is 53.7 Å². The molecule has 3 heteroatoms. The number of nitrogens with zero attached hydrogens (tertiary/aromatic N) is 1. The van der Waals surface area contributed by atoms with E-state index >= 15 is 0 Å². The number of aromatic nitrogens is 1. The minimum absolute atomic E-state index is 0.311.